The van der Waals surface area contributed by atoms with E-state index in [-0.39, 0.29) is 12.3 Å². The number of nitrogens with one attached hydrogen (secondary N) is 1. The minimum absolute atomic E-state index is 0.270. The van der Waals surface area contributed by atoms with Crippen molar-refractivity contribution < 1.29 is 14.3 Å². The third kappa shape index (κ3) is 4.73. The van der Waals surface area contributed by atoms with Gasteiger partial charge >= 0.3 is 5.97 Å². The molecule has 7 heteroatoms. The summed E-state index contributed by atoms with van der Waals surface area (Å²) in [6.07, 6.45) is 0. The summed E-state index contributed by atoms with van der Waals surface area (Å²) in [4.78, 5) is 22.7. The highest BCUT2D eigenvalue weighted by Gasteiger charge is 2.21. The van der Waals surface area contributed by atoms with Crippen molar-refractivity contribution in [2.75, 3.05) is 32.9 Å². The average Bonchev–Trinajstić information content (AvgIpc) is 3.21. The van der Waals surface area contributed by atoms with E-state index in [9.17, 15) is 4.79 Å². The predicted octanol–water partition coefficient (Wildman–Crippen LogP) is 4.41. The molecule has 3 aromatic rings. The summed E-state index contributed by atoms with van der Waals surface area (Å²) in [6.45, 7) is 6.44. The number of hydrogen-bond acceptors (Lipinski definition) is 5. The fourth-order valence-corrected chi connectivity index (χ4v) is 3.59. The summed E-state index contributed by atoms with van der Waals surface area (Å²) in [6, 6.07) is 15.5. The maximum Gasteiger partial charge on any atom is 0.359 e. The second kappa shape index (κ2) is 9.43. The van der Waals surface area contributed by atoms with Gasteiger partial charge < -0.3 is 14.5 Å². The quantitative estimate of drug-likeness (QED) is 0.592. The van der Waals surface area contributed by atoms with Crippen molar-refractivity contribution in [2.24, 2.45) is 0 Å². The molecule has 1 aromatic heterocycles. The van der Waals surface area contributed by atoms with E-state index in [0.29, 0.717) is 16.5 Å². The van der Waals surface area contributed by atoms with Crippen LogP contribution in [0, 0.1) is 0 Å². The van der Waals surface area contributed by atoms with E-state index in [1.807, 2.05) is 24.3 Å². The molecule has 1 saturated heterocycles. The number of aromatic amines is 1. The van der Waals surface area contributed by atoms with Crippen LogP contribution in [0.3, 0.4) is 0 Å². The molecule has 156 valence electrons. The molecule has 0 bridgehead atoms. The first-order chi connectivity index (χ1) is 14.6. The number of carbonyl (C=O) groups excluding carboxylic acids is 1. The van der Waals surface area contributed by atoms with E-state index in [1.54, 1.807) is 19.1 Å². The number of esters is 1. The Hall–Kier alpha value is -2.67. The molecule has 30 heavy (non-hydrogen) atoms. The summed E-state index contributed by atoms with van der Waals surface area (Å²) < 4.78 is 10.6. The van der Waals surface area contributed by atoms with Crippen LogP contribution in [-0.4, -0.2) is 53.7 Å². The Morgan fingerprint density at radius 3 is 2.43 bits per heavy atom. The van der Waals surface area contributed by atoms with E-state index in [1.165, 1.54) is 5.56 Å². The average molecular weight is 426 g/mol. The number of hydrogen-bond donors (Lipinski definition) is 1. The first kappa shape index (κ1) is 20.6. The van der Waals surface area contributed by atoms with Crippen LogP contribution < -0.4 is 0 Å². The number of H-pyrrole nitrogens is 1. The lowest BCUT2D eigenvalue weighted by Crippen LogP contribution is -2.35. The molecule has 2 heterocycles. The van der Waals surface area contributed by atoms with E-state index in [4.69, 9.17) is 21.1 Å². The number of nitrogens with zero attached hydrogens (tertiary/aromatic N) is 2. The Morgan fingerprint density at radius 2 is 1.77 bits per heavy atom. The van der Waals surface area contributed by atoms with Gasteiger partial charge in [-0.3, -0.25) is 4.90 Å². The number of rotatable bonds is 6. The molecule has 1 aliphatic heterocycles. The molecule has 1 fully saturated rings. The largest absolute Gasteiger partial charge is 0.461 e. The summed E-state index contributed by atoms with van der Waals surface area (Å²) in [5.41, 5.74) is 3.86. The first-order valence-electron chi connectivity index (χ1n) is 10.1. The predicted molar refractivity (Wildman–Crippen MR) is 117 cm³/mol. The Kier molecular flexibility index (Phi) is 6.47. The van der Waals surface area contributed by atoms with Gasteiger partial charge in [-0.25, -0.2) is 9.78 Å². The fraction of sp³-hybridized carbons (Fsp3) is 0.304. The van der Waals surface area contributed by atoms with Gasteiger partial charge in [0.05, 0.1) is 25.5 Å². The zero-order valence-corrected chi connectivity index (χ0v) is 17.6. The van der Waals surface area contributed by atoms with Gasteiger partial charge in [-0.1, -0.05) is 48.0 Å². The zero-order valence-electron chi connectivity index (χ0n) is 16.9. The molecule has 0 amide bonds. The van der Waals surface area contributed by atoms with Gasteiger partial charge in [0.2, 0.25) is 0 Å². The molecule has 0 spiro atoms. The number of morpholine rings is 1. The molecular weight excluding hydrogens is 402 g/mol. The molecule has 1 N–H and O–H groups in total. The summed E-state index contributed by atoms with van der Waals surface area (Å²) in [5.74, 6) is 0.176. The number of carbonyl (C=O) groups is 1. The molecule has 6 nitrogen and oxygen atoms in total. The smallest absolute Gasteiger partial charge is 0.359 e. The fourth-order valence-electron chi connectivity index (χ4n) is 3.47. The lowest BCUT2D eigenvalue weighted by Gasteiger charge is -2.26. The summed E-state index contributed by atoms with van der Waals surface area (Å²) in [5, 5.41) is 0.632. The van der Waals surface area contributed by atoms with Gasteiger partial charge in [0.25, 0.3) is 0 Å². The van der Waals surface area contributed by atoms with Crippen LogP contribution in [0.4, 0.5) is 0 Å². The number of ether oxygens (including phenoxy) is 2. The highest BCUT2D eigenvalue weighted by Crippen LogP contribution is 2.28. The van der Waals surface area contributed by atoms with Crippen LogP contribution in [0.25, 0.3) is 22.6 Å². The van der Waals surface area contributed by atoms with Crippen molar-refractivity contribution in [1.82, 2.24) is 14.9 Å². The second-order valence-corrected chi connectivity index (χ2v) is 7.56. The van der Waals surface area contributed by atoms with Crippen LogP contribution in [0.1, 0.15) is 23.0 Å². The van der Waals surface area contributed by atoms with Crippen LogP contribution >= 0.6 is 11.6 Å². The molecule has 2 aromatic carbocycles. The standard InChI is InChI=1S/C23H24ClN3O3/c1-2-30-23(28)21-20(17-7-9-19(24)10-8-17)25-22(26-21)18-5-3-16(4-6-18)15-27-11-13-29-14-12-27/h3-10H,2,11-15H2,1H3,(H,25,26). The van der Waals surface area contributed by atoms with Gasteiger partial charge in [-0.15, -0.1) is 0 Å². The number of halogens is 1. The van der Waals surface area contributed by atoms with Crippen molar-refractivity contribution in [3.05, 3.63) is 64.8 Å². The molecule has 0 unspecified atom stereocenters. The van der Waals surface area contributed by atoms with Crippen LogP contribution in [0.15, 0.2) is 48.5 Å². The Balaban J connectivity index is 1.61. The molecule has 4 rings (SSSR count). The maximum atomic E-state index is 12.5. The number of benzene rings is 2. The van der Waals surface area contributed by atoms with Gasteiger partial charge in [0, 0.05) is 35.8 Å². The van der Waals surface area contributed by atoms with Crippen LogP contribution in [-0.2, 0) is 16.0 Å². The van der Waals surface area contributed by atoms with Crippen molar-refractivity contribution >= 4 is 17.6 Å². The number of imidazole rings is 1. The third-order valence-corrected chi connectivity index (χ3v) is 5.29. The van der Waals surface area contributed by atoms with E-state index >= 15 is 0 Å². The summed E-state index contributed by atoms with van der Waals surface area (Å²) >= 11 is 6.01. The van der Waals surface area contributed by atoms with Crippen LogP contribution in [0.5, 0.6) is 0 Å². The highest BCUT2D eigenvalue weighted by atomic mass is 35.5. The Bertz CT molecular complexity index is 994. The lowest BCUT2D eigenvalue weighted by molar-refractivity contribution is 0.0342. The minimum Gasteiger partial charge on any atom is -0.461 e. The van der Waals surface area contributed by atoms with Crippen molar-refractivity contribution in [3.63, 3.8) is 0 Å². The monoisotopic (exact) mass is 425 g/mol. The van der Waals surface area contributed by atoms with Crippen LogP contribution in [0.2, 0.25) is 5.02 Å². The second-order valence-electron chi connectivity index (χ2n) is 7.12. The van der Waals surface area contributed by atoms with Gasteiger partial charge in [0.1, 0.15) is 5.82 Å². The molecule has 0 aliphatic carbocycles. The summed E-state index contributed by atoms with van der Waals surface area (Å²) in [7, 11) is 0. The normalized spacial score (nSPS) is 14.6. The van der Waals surface area contributed by atoms with Gasteiger partial charge in [-0.2, -0.15) is 0 Å². The van der Waals surface area contributed by atoms with Crippen molar-refractivity contribution in [2.45, 2.75) is 13.5 Å². The van der Waals surface area contributed by atoms with Crippen molar-refractivity contribution in [3.8, 4) is 22.6 Å². The Morgan fingerprint density at radius 1 is 1.10 bits per heavy atom. The van der Waals surface area contributed by atoms with Gasteiger partial charge in [0.15, 0.2) is 5.69 Å². The van der Waals surface area contributed by atoms with E-state index in [2.05, 4.69) is 27.0 Å². The SMILES string of the molecule is CCOC(=O)c1nc(-c2ccc(CN3CCOCC3)cc2)[nH]c1-c1ccc(Cl)cc1. The molecule has 1 aliphatic rings. The lowest BCUT2D eigenvalue weighted by atomic mass is 10.1. The van der Waals surface area contributed by atoms with E-state index in [0.717, 1.165) is 44.0 Å². The first-order valence-corrected chi connectivity index (χ1v) is 10.4. The Labute approximate surface area is 180 Å². The highest BCUT2D eigenvalue weighted by molar-refractivity contribution is 6.30. The molecule has 0 atom stereocenters. The minimum atomic E-state index is -0.450. The zero-order chi connectivity index (χ0) is 20.9. The third-order valence-electron chi connectivity index (χ3n) is 5.04. The molecule has 0 radical (unpaired) electrons. The number of aromatic nitrogens is 2. The topological polar surface area (TPSA) is 67.4 Å². The van der Waals surface area contributed by atoms with E-state index < -0.39 is 5.97 Å². The molecular formula is C23H24ClN3O3. The van der Waals surface area contributed by atoms with Crippen molar-refractivity contribution in [1.29, 1.82) is 0 Å². The molecule has 0 saturated carbocycles. The maximum absolute atomic E-state index is 12.5. The van der Waals surface area contributed by atoms with Gasteiger partial charge in [-0.05, 0) is 24.6 Å².